The van der Waals surface area contributed by atoms with Gasteiger partial charge in [0.2, 0.25) is 5.88 Å². The van der Waals surface area contributed by atoms with Crippen LogP contribution < -0.4 is 10.1 Å². The SMILES string of the molecule is COc1ncccc1NC(=O)N1C[C@@H](C)C[C@H](C)C1. The lowest BCUT2D eigenvalue weighted by Crippen LogP contribution is -2.44. The van der Waals surface area contributed by atoms with Crippen LogP contribution in [0.25, 0.3) is 0 Å². The summed E-state index contributed by atoms with van der Waals surface area (Å²) in [6, 6.07) is 3.49. The molecule has 104 valence electrons. The normalized spacial score (nSPS) is 23.0. The van der Waals surface area contributed by atoms with Crippen LogP contribution in [0, 0.1) is 11.8 Å². The van der Waals surface area contributed by atoms with Crippen molar-refractivity contribution in [3.05, 3.63) is 18.3 Å². The van der Waals surface area contributed by atoms with Gasteiger partial charge in [0.05, 0.1) is 7.11 Å². The van der Waals surface area contributed by atoms with Gasteiger partial charge in [-0.1, -0.05) is 13.8 Å². The van der Waals surface area contributed by atoms with Crippen LogP contribution in [0.5, 0.6) is 5.88 Å². The highest BCUT2D eigenvalue weighted by molar-refractivity contribution is 5.90. The number of hydrogen-bond donors (Lipinski definition) is 1. The summed E-state index contributed by atoms with van der Waals surface area (Å²) in [6.45, 7) is 5.97. The van der Waals surface area contributed by atoms with Gasteiger partial charge < -0.3 is 15.0 Å². The number of carbonyl (C=O) groups is 1. The first kappa shape index (κ1) is 13.6. The van der Waals surface area contributed by atoms with E-state index < -0.39 is 0 Å². The summed E-state index contributed by atoms with van der Waals surface area (Å²) < 4.78 is 5.13. The van der Waals surface area contributed by atoms with E-state index in [-0.39, 0.29) is 6.03 Å². The minimum atomic E-state index is -0.0790. The van der Waals surface area contributed by atoms with Gasteiger partial charge in [-0.15, -0.1) is 0 Å². The summed E-state index contributed by atoms with van der Waals surface area (Å²) in [5.74, 6) is 1.53. The Balaban J connectivity index is 2.04. The van der Waals surface area contributed by atoms with Crippen molar-refractivity contribution in [3.63, 3.8) is 0 Å². The number of pyridine rings is 1. The first-order valence-corrected chi connectivity index (χ1v) is 6.65. The van der Waals surface area contributed by atoms with Crippen molar-refractivity contribution in [2.45, 2.75) is 20.3 Å². The number of aromatic nitrogens is 1. The third kappa shape index (κ3) is 3.36. The molecule has 0 saturated carbocycles. The smallest absolute Gasteiger partial charge is 0.322 e. The summed E-state index contributed by atoms with van der Waals surface area (Å²) in [5, 5.41) is 2.87. The topological polar surface area (TPSA) is 54.5 Å². The zero-order chi connectivity index (χ0) is 13.8. The van der Waals surface area contributed by atoms with Crippen molar-refractivity contribution in [1.29, 1.82) is 0 Å². The molecule has 1 aromatic rings. The second-order valence-electron chi connectivity index (χ2n) is 5.34. The number of carbonyl (C=O) groups excluding carboxylic acids is 1. The number of ether oxygens (including phenoxy) is 1. The molecule has 2 atom stereocenters. The van der Waals surface area contributed by atoms with Gasteiger partial charge in [0.1, 0.15) is 5.69 Å². The van der Waals surface area contributed by atoms with Crippen LogP contribution in [0.3, 0.4) is 0 Å². The Labute approximate surface area is 114 Å². The van der Waals surface area contributed by atoms with Crippen LogP contribution >= 0.6 is 0 Å². The molecule has 0 aromatic carbocycles. The zero-order valence-electron chi connectivity index (χ0n) is 11.7. The molecule has 0 spiro atoms. The van der Waals surface area contributed by atoms with Crippen LogP contribution in [0.2, 0.25) is 0 Å². The fourth-order valence-corrected chi connectivity index (χ4v) is 2.67. The number of methoxy groups -OCH3 is 1. The lowest BCUT2D eigenvalue weighted by atomic mass is 9.92. The highest BCUT2D eigenvalue weighted by atomic mass is 16.5. The minimum Gasteiger partial charge on any atom is -0.480 e. The van der Waals surface area contributed by atoms with E-state index in [0.717, 1.165) is 13.1 Å². The lowest BCUT2D eigenvalue weighted by Gasteiger charge is -2.34. The van der Waals surface area contributed by atoms with Crippen molar-refractivity contribution in [1.82, 2.24) is 9.88 Å². The van der Waals surface area contributed by atoms with Crippen molar-refractivity contribution < 1.29 is 9.53 Å². The van der Waals surface area contributed by atoms with Crippen LogP contribution in [0.4, 0.5) is 10.5 Å². The molecule has 1 saturated heterocycles. The van der Waals surface area contributed by atoms with E-state index in [9.17, 15) is 4.79 Å². The van der Waals surface area contributed by atoms with E-state index >= 15 is 0 Å². The Bertz CT molecular complexity index is 440. The average Bonchev–Trinajstić information content (AvgIpc) is 2.38. The molecule has 1 fully saturated rings. The number of rotatable bonds is 2. The largest absolute Gasteiger partial charge is 0.480 e. The number of urea groups is 1. The molecule has 0 bridgehead atoms. The molecule has 2 heterocycles. The van der Waals surface area contributed by atoms with Gasteiger partial charge in [-0.05, 0) is 30.4 Å². The molecule has 2 amide bonds. The molecule has 0 aliphatic carbocycles. The summed E-state index contributed by atoms with van der Waals surface area (Å²) in [4.78, 5) is 18.2. The van der Waals surface area contributed by atoms with E-state index in [2.05, 4.69) is 24.1 Å². The van der Waals surface area contributed by atoms with Gasteiger partial charge in [-0.3, -0.25) is 0 Å². The quantitative estimate of drug-likeness (QED) is 0.892. The Morgan fingerprint density at radius 1 is 1.42 bits per heavy atom. The maximum atomic E-state index is 12.3. The number of likely N-dealkylation sites (tertiary alicyclic amines) is 1. The van der Waals surface area contributed by atoms with E-state index in [1.165, 1.54) is 6.42 Å². The van der Waals surface area contributed by atoms with Gasteiger partial charge in [-0.25, -0.2) is 9.78 Å². The molecule has 5 heteroatoms. The first-order chi connectivity index (χ1) is 9.10. The Morgan fingerprint density at radius 3 is 2.74 bits per heavy atom. The molecule has 1 aliphatic heterocycles. The third-order valence-corrected chi connectivity index (χ3v) is 3.36. The van der Waals surface area contributed by atoms with E-state index in [1.807, 2.05) is 4.90 Å². The number of piperidine rings is 1. The summed E-state index contributed by atoms with van der Waals surface area (Å²) in [7, 11) is 1.54. The summed E-state index contributed by atoms with van der Waals surface area (Å²) in [6.07, 6.45) is 2.82. The van der Waals surface area contributed by atoms with Gasteiger partial charge >= 0.3 is 6.03 Å². The molecular weight excluding hydrogens is 242 g/mol. The minimum absolute atomic E-state index is 0.0790. The molecule has 1 aliphatic rings. The van der Waals surface area contributed by atoms with E-state index in [0.29, 0.717) is 23.4 Å². The van der Waals surface area contributed by atoms with Crippen molar-refractivity contribution in [2.24, 2.45) is 11.8 Å². The van der Waals surface area contributed by atoms with Crippen LogP contribution in [-0.4, -0.2) is 36.1 Å². The number of nitrogens with one attached hydrogen (secondary N) is 1. The zero-order valence-corrected chi connectivity index (χ0v) is 11.7. The summed E-state index contributed by atoms with van der Waals surface area (Å²) in [5.41, 5.74) is 0.612. The predicted molar refractivity (Wildman–Crippen MR) is 74.3 cm³/mol. The molecule has 1 aromatic heterocycles. The van der Waals surface area contributed by atoms with E-state index in [4.69, 9.17) is 4.74 Å². The maximum Gasteiger partial charge on any atom is 0.322 e. The number of nitrogens with zero attached hydrogens (tertiary/aromatic N) is 2. The second kappa shape index (κ2) is 5.91. The van der Waals surface area contributed by atoms with Gasteiger partial charge in [0.15, 0.2) is 0 Å². The fraction of sp³-hybridized carbons (Fsp3) is 0.571. The molecule has 0 unspecified atom stereocenters. The predicted octanol–water partition coefficient (Wildman–Crippen LogP) is 2.60. The monoisotopic (exact) mass is 263 g/mol. The number of hydrogen-bond acceptors (Lipinski definition) is 3. The molecule has 5 nitrogen and oxygen atoms in total. The Kier molecular flexibility index (Phi) is 4.24. The standard InChI is InChI=1S/C14H21N3O2/c1-10-7-11(2)9-17(8-10)14(18)16-12-5-4-6-15-13(12)19-3/h4-6,10-11H,7-9H2,1-3H3,(H,16,18)/t10-,11-/m0/s1. The first-order valence-electron chi connectivity index (χ1n) is 6.65. The van der Waals surface area contributed by atoms with Crippen LogP contribution in [-0.2, 0) is 0 Å². The Hall–Kier alpha value is -1.78. The van der Waals surface area contributed by atoms with Crippen LogP contribution in [0.1, 0.15) is 20.3 Å². The van der Waals surface area contributed by atoms with Crippen molar-refractivity contribution in [2.75, 3.05) is 25.5 Å². The van der Waals surface area contributed by atoms with Gasteiger partial charge in [-0.2, -0.15) is 0 Å². The molecule has 19 heavy (non-hydrogen) atoms. The second-order valence-corrected chi connectivity index (χ2v) is 5.34. The molecule has 0 radical (unpaired) electrons. The average molecular weight is 263 g/mol. The van der Waals surface area contributed by atoms with Gasteiger partial charge in [0.25, 0.3) is 0 Å². The highest BCUT2D eigenvalue weighted by Crippen LogP contribution is 2.24. The third-order valence-electron chi connectivity index (χ3n) is 3.36. The molecular formula is C14H21N3O2. The van der Waals surface area contributed by atoms with Gasteiger partial charge in [0, 0.05) is 19.3 Å². The summed E-state index contributed by atoms with van der Waals surface area (Å²) >= 11 is 0. The fourth-order valence-electron chi connectivity index (χ4n) is 2.67. The maximum absolute atomic E-state index is 12.3. The van der Waals surface area contributed by atoms with Crippen molar-refractivity contribution >= 4 is 11.7 Å². The Morgan fingerprint density at radius 2 is 2.11 bits per heavy atom. The lowest BCUT2D eigenvalue weighted by molar-refractivity contribution is 0.156. The van der Waals surface area contributed by atoms with Crippen LogP contribution in [0.15, 0.2) is 18.3 Å². The molecule has 2 rings (SSSR count). The number of amides is 2. The van der Waals surface area contributed by atoms with Crippen molar-refractivity contribution in [3.8, 4) is 5.88 Å². The van der Waals surface area contributed by atoms with E-state index in [1.54, 1.807) is 25.4 Å². The number of anilines is 1. The highest BCUT2D eigenvalue weighted by Gasteiger charge is 2.25. The molecule has 1 N–H and O–H groups in total.